The molecule has 1 aromatic carbocycles. The molecule has 282 valence electrons. The van der Waals surface area contributed by atoms with E-state index in [0.717, 1.165) is 83.1 Å². The number of hydrogen-bond donors (Lipinski definition) is 1. The van der Waals surface area contributed by atoms with E-state index >= 15 is 0 Å². The quantitative estimate of drug-likeness (QED) is 0.0918. The predicted molar refractivity (Wildman–Crippen MR) is 191 cm³/mol. The van der Waals surface area contributed by atoms with Gasteiger partial charge in [0, 0.05) is 26.5 Å². The SMILES string of the molecule is CCCC[n+]1cnn(C(CCOc2cc(CO)cc(OCCC(n3c[n+](CCCC)cn3)n3c[n+](CCCC)cn3)c2)n2c[n+](CCCC)cn2)c1. The molecule has 0 bridgehead atoms. The molecule has 0 saturated carbocycles. The van der Waals surface area contributed by atoms with Gasteiger partial charge in [-0.2, -0.15) is 0 Å². The third kappa shape index (κ3) is 11.2. The zero-order valence-electron chi connectivity index (χ0n) is 31.7. The van der Waals surface area contributed by atoms with Crippen LogP contribution in [-0.4, -0.2) is 57.4 Å². The first-order valence-corrected chi connectivity index (χ1v) is 19.3. The molecule has 4 heterocycles. The van der Waals surface area contributed by atoms with Crippen LogP contribution in [0.5, 0.6) is 11.5 Å². The van der Waals surface area contributed by atoms with Gasteiger partial charge >= 0.3 is 0 Å². The number of aliphatic hydroxyl groups excluding tert-OH is 1. The zero-order valence-corrected chi connectivity index (χ0v) is 31.7. The Bertz CT molecular complexity index is 1530. The lowest BCUT2D eigenvalue weighted by Gasteiger charge is -2.13. The lowest BCUT2D eigenvalue weighted by Crippen LogP contribution is -2.33. The fourth-order valence-corrected chi connectivity index (χ4v) is 6.01. The van der Waals surface area contributed by atoms with Crippen LogP contribution in [0.25, 0.3) is 0 Å². The lowest BCUT2D eigenvalue weighted by molar-refractivity contribution is -0.699. The van der Waals surface area contributed by atoms with Gasteiger partial charge in [-0.25, -0.2) is 18.3 Å². The summed E-state index contributed by atoms with van der Waals surface area (Å²) in [5.41, 5.74) is 0.724. The van der Waals surface area contributed by atoms with Crippen molar-refractivity contribution in [3.63, 3.8) is 0 Å². The van der Waals surface area contributed by atoms with Gasteiger partial charge in [0.1, 0.15) is 11.5 Å². The van der Waals surface area contributed by atoms with Gasteiger partial charge in [0.05, 0.1) is 58.8 Å². The molecule has 4 aromatic heterocycles. The van der Waals surface area contributed by atoms with E-state index in [9.17, 15) is 5.11 Å². The molecule has 0 amide bonds. The molecule has 15 heteroatoms. The summed E-state index contributed by atoms with van der Waals surface area (Å²) in [5, 5.41) is 28.9. The van der Waals surface area contributed by atoms with Crippen LogP contribution >= 0.6 is 0 Å². The summed E-state index contributed by atoms with van der Waals surface area (Å²) in [4.78, 5) is 0. The number of aliphatic hydroxyl groups is 1. The number of aryl methyl sites for hydroxylation is 4. The van der Waals surface area contributed by atoms with Gasteiger partial charge in [-0.15, -0.1) is 0 Å². The van der Waals surface area contributed by atoms with E-state index in [4.69, 9.17) is 29.9 Å². The molecule has 1 N–H and O–H groups in total. The van der Waals surface area contributed by atoms with Gasteiger partial charge in [-0.3, -0.25) is 0 Å². The normalized spacial score (nSPS) is 11.7. The number of hydrogen-bond acceptors (Lipinski definition) is 7. The molecule has 0 atom stereocenters. The van der Waals surface area contributed by atoms with Gasteiger partial charge in [0.15, 0.2) is 0 Å². The number of nitrogens with zero attached hydrogens (tertiary/aromatic N) is 12. The summed E-state index contributed by atoms with van der Waals surface area (Å²) >= 11 is 0. The van der Waals surface area contributed by atoms with Crippen LogP contribution < -0.4 is 27.7 Å². The highest BCUT2D eigenvalue weighted by Gasteiger charge is 2.29. The highest BCUT2D eigenvalue weighted by Crippen LogP contribution is 2.25. The first kappa shape index (κ1) is 38.6. The number of unbranched alkanes of at least 4 members (excludes halogenated alkanes) is 4. The van der Waals surface area contributed by atoms with Crippen LogP contribution in [0.4, 0.5) is 0 Å². The standard InChI is InChI=1S/C37H60N12O3/c1-5-9-15-42-25-38-46(29-42)36(47-30-43(26-39-47)16-10-6-2)13-19-51-34-21-33(24-50)22-35(23-34)52-20-14-37(48-31-44(27-40-48)17-11-7-3)49-32-45(28-41-49)18-12-8-4/h21-23,25-32,36-37,50H,5-20,24H2,1-4H3/q+4. The van der Waals surface area contributed by atoms with Gasteiger partial charge < -0.3 is 14.6 Å². The molecule has 0 aliphatic heterocycles. The van der Waals surface area contributed by atoms with Crippen LogP contribution in [0.1, 0.15) is 110 Å². The van der Waals surface area contributed by atoms with Crippen LogP contribution in [0.3, 0.4) is 0 Å². The largest absolute Gasteiger partial charge is 0.493 e. The maximum absolute atomic E-state index is 10.1. The summed E-state index contributed by atoms with van der Waals surface area (Å²) in [6.07, 6.45) is 25.5. The molecule has 5 aromatic rings. The smallest absolute Gasteiger partial charge is 0.268 e. The maximum atomic E-state index is 10.1. The molecule has 0 radical (unpaired) electrons. The number of rotatable bonds is 25. The summed E-state index contributed by atoms with van der Waals surface area (Å²) in [6, 6.07) is 5.62. The van der Waals surface area contributed by atoms with Gasteiger partial charge in [0.25, 0.3) is 37.6 Å². The minimum Gasteiger partial charge on any atom is -0.493 e. The van der Waals surface area contributed by atoms with Gasteiger partial charge in [-0.1, -0.05) is 72.1 Å². The Kier molecular flexibility index (Phi) is 15.1. The Morgan fingerprint density at radius 1 is 0.538 bits per heavy atom. The Morgan fingerprint density at radius 3 is 1.15 bits per heavy atom. The molecule has 0 spiro atoms. The van der Waals surface area contributed by atoms with Crippen LogP contribution in [0, 0.1) is 0 Å². The second kappa shape index (κ2) is 20.4. The highest BCUT2D eigenvalue weighted by molar-refractivity contribution is 5.38. The van der Waals surface area contributed by atoms with Crippen molar-refractivity contribution in [2.75, 3.05) is 13.2 Å². The van der Waals surface area contributed by atoms with E-state index in [-0.39, 0.29) is 18.9 Å². The number of benzene rings is 1. The Balaban J connectivity index is 1.25. The molecule has 0 fully saturated rings. The summed E-state index contributed by atoms with van der Waals surface area (Å²) in [6.45, 7) is 13.2. The van der Waals surface area contributed by atoms with Crippen molar-refractivity contribution in [1.29, 1.82) is 0 Å². The topological polar surface area (TPSA) is 125 Å². The molecule has 0 aliphatic carbocycles. The average molecular weight is 721 g/mol. The highest BCUT2D eigenvalue weighted by atomic mass is 16.5. The predicted octanol–water partition coefficient (Wildman–Crippen LogP) is 3.35. The zero-order chi connectivity index (χ0) is 36.5. The first-order valence-electron chi connectivity index (χ1n) is 19.3. The van der Waals surface area contributed by atoms with Crippen LogP contribution in [0.2, 0.25) is 0 Å². The number of ether oxygens (including phenoxy) is 2. The molecule has 0 aliphatic rings. The van der Waals surface area contributed by atoms with E-state index in [1.54, 1.807) is 0 Å². The van der Waals surface area contributed by atoms with Crippen molar-refractivity contribution in [1.82, 2.24) is 39.1 Å². The van der Waals surface area contributed by atoms with E-state index in [1.807, 2.05) is 87.5 Å². The lowest BCUT2D eigenvalue weighted by atomic mass is 10.2. The molecule has 5 rings (SSSR count). The summed E-state index contributed by atoms with van der Waals surface area (Å²) in [5.74, 6) is 1.28. The van der Waals surface area contributed by atoms with Crippen LogP contribution in [-0.2, 0) is 32.8 Å². The second-order valence-corrected chi connectivity index (χ2v) is 13.5. The van der Waals surface area contributed by atoms with E-state index < -0.39 is 0 Å². The molecule has 15 nitrogen and oxygen atoms in total. The monoisotopic (exact) mass is 720 g/mol. The molecule has 0 unspecified atom stereocenters. The summed E-state index contributed by atoms with van der Waals surface area (Å²) in [7, 11) is 0. The van der Waals surface area contributed by atoms with Crippen molar-refractivity contribution in [2.24, 2.45) is 0 Å². The van der Waals surface area contributed by atoms with E-state index in [1.165, 1.54) is 0 Å². The maximum Gasteiger partial charge on any atom is 0.268 e. The van der Waals surface area contributed by atoms with Gasteiger partial charge in [-0.05, 0) is 43.4 Å². The second-order valence-electron chi connectivity index (χ2n) is 13.5. The molecular weight excluding hydrogens is 660 g/mol. The van der Waals surface area contributed by atoms with Crippen LogP contribution in [0.15, 0.2) is 68.8 Å². The van der Waals surface area contributed by atoms with E-state index in [0.29, 0.717) is 37.6 Å². The third-order valence-corrected chi connectivity index (χ3v) is 9.11. The van der Waals surface area contributed by atoms with Crippen molar-refractivity contribution in [2.45, 2.75) is 137 Å². The Morgan fingerprint density at radius 2 is 0.865 bits per heavy atom. The van der Waals surface area contributed by atoms with E-state index in [2.05, 4.69) is 46.0 Å². The fraction of sp³-hybridized carbons (Fsp3) is 0.622. The fourth-order valence-electron chi connectivity index (χ4n) is 6.01. The van der Waals surface area contributed by atoms with Gasteiger partial charge in [0.2, 0.25) is 25.3 Å². The minimum atomic E-state index is -0.162. The Labute approximate surface area is 307 Å². The third-order valence-electron chi connectivity index (χ3n) is 9.11. The van der Waals surface area contributed by atoms with Crippen molar-refractivity contribution >= 4 is 0 Å². The van der Waals surface area contributed by atoms with Crippen molar-refractivity contribution in [3.8, 4) is 11.5 Å². The molecule has 52 heavy (non-hydrogen) atoms. The first-order chi connectivity index (χ1) is 25.5. The van der Waals surface area contributed by atoms with Crippen molar-refractivity contribution < 1.29 is 32.8 Å². The molecule has 0 saturated heterocycles. The minimum absolute atomic E-state index is 0.120. The average Bonchev–Trinajstić information content (AvgIpc) is 4.00. The molecular formula is C37H60N12O3+4. The van der Waals surface area contributed by atoms with Crippen molar-refractivity contribution in [3.05, 3.63) is 74.4 Å². The Hall–Kier alpha value is -4.66. The summed E-state index contributed by atoms with van der Waals surface area (Å²) < 4.78 is 29.0. The number of aromatic nitrogens is 12.